The van der Waals surface area contributed by atoms with Crippen molar-refractivity contribution in [2.75, 3.05) is 0 Å². The van der Waals surface area contributed by atoms with E-state index < -0.39 is 11.3 Å². The molecular formula is C22H36N7O3+. The predicted octanol–water partition coefficient (Wildman–Crippen LogP) is 1.04. The quantitative estimate of drug-likeness (QED) is 0.154. The van der Waals surface area contributed by atoms with E-state index in [1.807, 2.05) is 29.7 Å². The van der Waals surface area contributed by atoms with Gasteiger partial charge >= 0.3 is 12.2 Å². The molecule has 1 aliphatic rings. The van der Waals surface area contributed by atoms with Crippen molar-refractivity contribution in [3.05, 3.63) is 62.1 Å². The first-order valence-corrected chi connectivity index (χ1v) is 10.6. The molecule has 10 nitrogen and oxygen atoms in total. The van der Waals surface area contributed by atoms with Crippen LogP contribution in [0.2, 0.25) is 0 Å². The minimum absolute atomic E-state index is 0.153. The lowest BCUT2D eigenvalue weighted by Crippen LogP contribution is -2.77. The number of hydrazine groups is 1. The van der Waals surface area contributed by atoms with Gasteiger partial charge in [0.1, 0.15) is 0 Å². The van der Waals surface area contributed by atoms with Crippen molar-refractivity contribution in [1.29, 1.82) is 0 Å². The van der Waals surface area contributed by atoms with E-state index >= 15 is 0 Å². The number of rotatable bonds is 5. The van der Waals surface area contributed by atoms with E-state index in [4.69, 9.17) is 5.73 Å². The van der Waals surface area contributed by atoms with Crippen molar-refractivity contribution in [2.45, 2.75) is 79.3 Å². The molecule has 1 aromatic rings. The van der Waals surface area contributed by atoms with Crippen molar-refractivity contribution in [2.24, 2.45) is 5.73 Å². The van der Waals surface area contributed by atoms with Crippen LogP contribution in [0.1, 0.15) is 66.5 Å². The maximum absolute atomic E-state index is 13.5. The van der Waals surface area contributed by atoms with Gasteiger partial charge in [-0.3, -0.25) is 20.5 Å². The lowest BCUT2D eigenvalue weighted by molar-refractivity contribution is -0.556. The summed E-state index contributed by atoms with van der Waals surface area (Å²) in [6.07, 6.45) is 1.06. The molecular weight excluding hydrogens is 410 g/mol. The molecule has 0 amide bonds. The number of benzene rings is 1. The fraction of sp³-hybridized carbons (Fsp3) is 0.545. The van der Waals surface area contributed by atoms with Gasteiger partial charge in [0.2, 0.25) is 5.03 Å². The third-order valence-electron chi connectivity index (χ3n) is 5.30. The molecule has 0 aromatic heterocycles. The Balaban J connectivity index is 2.40. The van der Waals surface area contributed by atoms with Gasteiger partial charge in [-0.15, -0.1) is 0 Å². The second kappa shape index (κ2) is 9.05. The van der Waals surface area contributed by atoms with Crippen molar-refractivity contribution in [1.82, 2.24) is 15.2 Å². The highest BCUT2D eigenvalue weighted by atomic mass is 16.7. The largest absolute Gasteiger partial charge is 0.621 e. The van der Waals surface area contributed by atoms with Crippen LogP contribution in [0, 0.1) is 15.3 Å². The first-order chi connectivity index (χ1) is 14.6. The van der Waals surface area contributed by atoms with Crippen LogP contribution in [0.3, 0.4) is 0 Å². The number of nitrogens with zero attached hydrogens (tertiary/aromatic N) is 4. The zero-order valence-corrected chi connectivity index (χ0v) is 20.3. The molecule has 1 heterocycles. The van der Waals surface area contributed by atoms with Crippen molar-refractivity contribution in [3.63, 3.8) is 0 Å². The van der Waals surface area contributed by atoms with Gasteiger partial charge in [-0.2, -0.15) is 4.74 Å². The highest BCUT2D eigenvalue weighted by molar-refractivity contribution is 5.76. The molecule has 0 unspecified atom stereocenters. The Labute approximate surface area is 189 Å². The first kappa shape index (κ1) is 25.0. The minimum atomic E-state index is -0.733. The number of nitro groups is 1. The zero-order chi connectivity index (χ0) is 24.4. The Kier molecular flexibility index (Phi) is 7.06. The van der Waals surface area contributed by atoms with Crippen molar-refractivity contribution < 1.29 is 14.8 Å². The van der Waals surface area contributed by atoms with E-state index in [0.717, 1.165) is 27.3 Å². The highest BCUT2D eigenvalue weighted by Gasteiger charge is 2.48. The van der Waals surface area contributed by atoms with Gasteiger partial charge in [-0.05, 0) is 73.1 Å². The van der Waals surface area contributed by atoms with Gasteiger partial charge in [-0.1, -0.05) is 12.1 Å². The third kappa shape index (κ3) is 5.68. The monoisotopic (exact) mass is 446 g/mol. The van der Waals surface area contributed by atoms with Gasteiger partial charge in [0.15, 0.2) is 6.21 Å². The van der Waals surface area contributed by atoms with E-state index in [9.17, 15) is 15.3 Å². The molecule has 0 saturated carbocycles. The molecule has 0 fully saturated rings. The van der Waals surface area contributed by atoms with Gasteiger partial charge in [0.05, 0.1) is 6.54 Å². The maximum Gasteiger partial charge on any atom is 0.403 e. The Morgan fingerprint density at radius 1 is 1.12 bits per heavy atom. The van der Waals surface area contributed by atoms with Gasteiger partial charge < -0.3 is 5.21 Å². The number of hydrogen-bond donors (Lipinski definition) is 3. The summed E-state index contributed by atoms with van der Waals surface area (Å²) in [6.45, 7) is 17.0. The summed E-state index contributed by atoms with van der Waals surface area (Å²) in [6, 6.07) is 7.39. The Hall–Kier alpha value is -3.30. The van der Waals surface area contributed by atoms with Crippen LogP contribution in [0.15, 0.2) is 35.7 Å². The smallest absolute Gasteiger partial charge is 0.403 e. The minimum Gasteiger partial charge on any atom is -0.621 e. The summed E-state index contributed by atoms with van der Waals surface area (Å²) in [4.78, 5) is 17.5. The summed E-state index contributed by atoms with van der Waals surface area (Å²) in [5.74, 6) is -0.153. The molecule has 10 heteroatoms. The summed E-state index contributed by atoms with van der Waals surface area (Å²) in [7, 11) is 0. The first-order valence-electron chi connectivity index (χ1n) is 10.6. The average molecular weight is 447 g/mol. The number of nitrogens with two attached hydrogens (primary N) is 1. The molecule has 0 saturated heterocycles. The van der Waals surface area contributed by atoms with Crippen molar-refractivity contribution in [3.8, 4) is 0 Å². The summed E-state index contributed by atoms with van der Waals surface area (Å²) in [5, 5.41) is 23.3. The Morgan fingerprint density at radius 3 is 2.12 bits per heavy atom. The third-order valence-corrected chi connectivity index (χ3v) is 5.30. The number of allylic oxidation sites excluding steroid dienone is 2. The zero-order valence-electron chi connectivity index (χ0n) is 20.3. The molecule has 0 spiro atoms. The summed E-state index contributed by atoms with van der Waals surface area (Å²) < 4.78 is 0.998. The lowest BCUT2D eigenvalue weighted by Gasteiger charge is -2.43. The number of guanidine groups is 1. The van der Waals surface area contributed by atoms with Gasteiger partial charge in [-0.25, -0.2) is 10.1 Å². The molecule has 2 rings (SSSR count). The highest BCUT2D eigenvalue weighted by Crippen LogP contribution is 2.39. The lowest BCUT2D eigenvalue weighted by atomic mass is 10.0. The number of hydroxylamine groups is 1. The van der Waals surface area contributed by atoms with E-state index in [2.05, 4.69) is 70.2 Å². The molecule has 1 aliphatic heterocycles. The molecule has 4 N–H and O–H groups in total. The summed E-state index contributed by atoms with van der Waals surface area (Å²) in [5.41, 5.74) is 10.6. The SMILES string of the molecule is CC1=C(C)N(C(C)(C)C)C(/[N+]([O-])=C/c2cccc(C[NH+]=C(N)N[N+](=O)[O-])c2)N1C(C)(C)C. The maximum atomic E-state index is 13.5. The van der Waals surface area contributed by atoms with E-state index in [1.165, 1.54) is 0 Å². The molecule has 0 radical (unpaired) electrons. The van der Waals surface area contributed by atoms with E-state index in [-0.39, 0.29) is 23.6 Å². The molecule has 0 aliphatic carbocycles. The van der Waals surface area contributed by atoms with Crippen LogP contribution in [0.25, 0.3) is 0 Å². The van der Waals surface area contributed by atoms with Gasteiger partial charge in [0, 0.05) is 33.5 Å². The Morgan fingerprint density at radius 2 is 1.66 bits per heavy atom. The average Bonchev–Trinajstić information content (AvgIpc) is 2.91. The van der Waals surface area contributed by atoms with Crippen LogP contribution in [-0.2, 0) is 6.54 Å². The topological polar surface area (TPSA) is 128 Å². The number of nitrogens with one attached hydrogen (secondary N) is 2. The van der Waals surface area contributed by atoms with Crippen LogP contribution < -0.4 is 16.2 Å². The standard InChI is InChI=1S/C22H35N7O3/c1-15-16(2)28(22(6,7)8)20(27(15)21(3,4)5)26(30)14-18-11-9-10-17(12-18)13-24-19(23)25-29(31)32/h9-12,14,20H,13H2,1-8H3,(H3,23,24,25)/p+1/b26-14-. The molecule has 1 aromatic carbocycles. The second-order valence-corrected chi connectivity index (χ2v) is 9.97. The van der Waals surface area contributed by atoms with E-state index in [1.54, 1.807) is 6.21 Å². The van der Waals surface area contributed by atoms with Crippen LogP contribution >= 0.6 is 0 Å². The molecule has 176 valence electrons. The number of hydrogen-bond acceptors (Lipinski definition) is 5. The van der Waals surface area contributed by atoms with Crippen molar-refractivity contribution >= 4 is 12.2 Å². The van der Waals surface area contributed by atoms with E-state index in [0.29, 0.717) is 0 Å². The fourth-order valence-electron chi connectivity index (χ4n) is 4.07. The van der Waals surface area contributed by atoms with Crippen LogP contribution in [0.5, 0.6) is 0 Å². The molecule has 32 heavy (non-hydrogen) atoms. The predicted molar refractivity (Wildman–Crippen MR) is 125 cm³/mol. The second-order valence-electron chi connectivity index (χ2n) is 9.97. The fourth-order valence-corrected chi connectivity index (χ4v) is 4.07. The van der Waals surface area contributed by atoms with Crippen LogP contribution in [0.4, 0.5) is 0 Å². The van der Waals surface area contributed by atoms with Crippen LogP contribution in [-0.4, -0.2) is 49.1 Å². The molecule has 0 atom stereocenters. The summed E-state index contributed by atoms with van der Waals surface area (Å²) >= 11 is 0. The molecule has 0 bridgehead atoms. The van der Waals surface area contributed by atoms with Gasteiger partial charge in [0.25, 0.3) is 0 Å². The Bertz CT molecular complexity index is 925. The normalized spacial score (nSPS) is 16.8.